The summed E-state index contributed by atoms with van der Waals surface area (Å²) < 4.78 is 4.60. The molecule has 18 heavy (non-hydrogen) atoms. The van der Waals surface area contributed by atoms with Crippen LogP contribution in [0.3, 0.4) is 0 Å². The maximum atomic E-state index is 2.39. The average molecular weight is 353 g/mol. The molecule has 0 rings (SSSR count). The van der Waals surface area contributed by atoms with Crippen molar-refractivity contribution in [2.45, 2.75) is 98.3 Å². The fourth-order valence-corrected chi connectivity index (χ4v) is 14.1. The Morgan fingerprint density at radius 2 is 1.17 bits per heavy atom. The first-order chi connectivity index (χ1) is 8.29. The molecular formula is C16H35LiSn. The van der Waals surface area contributed by atoms with Crippen LogP contribution in [0.1, 0.15) is 85.5 Å². The van der Waals surface area contributed by atoms with Crippen LogP contribution in [0, 0.1) is 0 Å². The summed E-state index contributed by atoms with van der Waals surface area (Å²) in [6, 6.07) is 0. The van der Waals surface area contributed by atoms with E-state index < -0.39 is 19.8 Å². The Morgan fingerprint density at radius 1 is 0.667 bits per heavy atom. The van der Waals surface area contributed by atoms with Crippen molar-refractivity contribution in [3.63, 3.8) is 0 Å². The molecule has 2 radical (unpaired) electrons. The second-order valence-corrected chi connectivity index (χ2v) is 14.4. The van der Waals surface area contributed by atoms with E-state index in [1.807, 2.05) is 0 Å². The zero-order chi connectivity index (χ0) is 12.9. The third kappa shape index (κ3) is 11.2. The number of rotatable bonds is 12. The second kappa shape index (κ2) is 16.5. The summed E-state index contributed by atoms with van der Waals surface area (Å²) in [5.41, 5.74) is 0. The molecule has 0 fully saturated rings. The molecule has 0 aromatic carbocycles. The van der Waals surface area contributed by atoms with Crippen molar-refractivity contribution < 1.29 is 0 Å². The van der Waals surface area contributed by atoms with Gasteiger partial charge in [0.1, 0.15) is 0 Å². The van der Waals surface area contributed by atoms with Crippen LogP contribution in [-0.4, -0.2) is 38.6 Å². The Kier molecular flexibility index (Phi) is 19.8. The van der Waals surface area contributed by atoms with Crippen LogP contribution < -0.4 is 0 Å². The fourth-order valence-electron chi connectivity index (χ4n) is 2.69. The van der Waals surface area contributed by atoms with Gasteiger partial charge in [0.05, 0.1) is 0 Å². The summed E-state index contributed by atoms with van der Waals surface area (Å²) >= 11 is -1.04. The van der Waals surface area contributed by atoms with Gasteiger partial charge >= 0.3 is 118 Å². The summed E-state index contributed by atoms with van der Waals surface area (Å²) in [4.78, 5) is 0. The van der Waals surface area contributed by atoms with Crippen LogP contribution in [0.2, 0.25) is 12.8 Å². The monoisotopic (exact) mass is 354 g/mol. The molecule has 0 aromatic rings. The second-order valence-electron chi connectivity index (χ2n) is 5.49. The summed E-state index contributed by atoms with van der Waals surface area (Å²) in [5.74, 6) is 0. The summed E-state index contributed by atoms with van der Waals surface area (Å²) in [5, 5.41) is 0. The van der Waals surface area contributed by atoms with E-state index in [2.05, 4.69) is 27.7 Å². The third-order valence-corrected chi connectivity index (χ3v) is 14.5. The first kappa shape index (κ1) is 21.7. The van der Waals surface area contributed by atoms with E-state index in [1.54, 1.807) is 21.7 Å². The molecule has 1 atom stereocenters. The maximum absolute atomic E-state index is 2.39. The predicted octanol–water partition coefficient (Wildman–Crippen LogP) is 6.06. The summed E-state index contributed by atoms with van der Waals surface area (Å²) in [6.07, 6.45) is 13.4. The minimum Gasteiger partial charge on any atom is 0 e. The van der Waals surface area contributed by atoms with Crippen molar-refractivity contribution in [2.24, 2.45) is 0 Å². The topological polar surface area (TPSA) is 0 Å². The normalized spacial score (nSPS) is 12.5. The molecule has 0 aliphatic carbocycles. The minimum atomic E-state index is -1.04. The van der Waals surface area contributed by atoms with E-state index in [-0.39, 0.29) is 18.9 Å². The van der Waals surface area contributed by atoms with E-state index in [1.165, 1.54) is 48.9 Å². The molecule has 0 aliphatic heterocycles. The molecule has 0 saturated carbocycles. The van der Waals surface area contributed by atoms with Gasteiger partial charge in [-0.2, -0.15) is 0 Å². The summed E-state index contributed by atoms with van der Waals surface area (Å²) in [7, 11) is 0. The molecule has 0 aliphatic rings. The van der Waals surface area contributed by atoms with Crippen LogP contribution in [-0.2, 0) is 0 Å². The Hall–Kier alpha value is 1.40. The van der Waals surface area contributed by atoms with Gasteiger partial charge in [0.25, 0.3) is 0 Å². The standard InChI is InChI=1S/C8H17.2C4H9.Li.Sn/c1-3-5-7-8-6-4-2;2*1-3-4-2;;/h7H,3-6,8H2,1-2H3;2*1,3-4H2,2H3;;. The van der Waals surface area contributed by atoms with Crippen LogP contribution in [0.25, 0.3) is 0 Å². The van der Waals surface area contributed by atoms with Crippen molar-refractivity contribution in [1.29, 1.82) is 0 Å². The minimum absolute atomic E-state index is 0. The van der Waals surface area contributed by atoms with Gasteiger partial charge in [-0.05, 0) is 0 Å². The molecule has 0 heterocycles. The predicted molar refractivity (Wildman–Crippen MR) is 89.1 cm³/mol. The Bertz CT molecular complexity index is 142. The van der Waals surface area contributed by atoms with Gasteiger partial charge in [0, 0.05) is 18.9 Å². The average Bonchev–Trinajstić information content (AvgIpc) is 2.35. The van der Waals surface area contributed by atoms with Crippen molar-refractivity contribution in [2.75, 3.05) is 0 Å². The van der Waals surface area contributed by atoms with E-state index >= 15 is 0 Å². The van der Waals surface area contributed by atoms with Gasteiger partial charge in [-0.1, -0.05) is 0 Å². The fraction of sp³-hybridized carbons (Fsp3) is 1.00. The van der Waals surface area contributed by atoms with Crippen molar-refractivity contribution in [1.82, 2.24) is 0 Å². The van der Waals surface area contributed by atoms with Crippen LogP contribution in [0.5, 0.6) is 0 Å². The molecule has 2 heteroatoms. The molecule has 0 spiro atoms. The number of hydrogen-bond acceptors (Lipinski definition) is 0. The van der Waals surface area contributed by atoms with Gasteiger partial charge in [0.15, 0.2) is 0 Å². The van der Waals surface area contributed by atoms with Crippen LogP contribution in [0.15, 0.2) is 0 Å². The molecule has 0 bridgehead atoms. The number of unbranched alkanes of at least 4 members (excludes halogenated alkanes) is 3. The van der Waals surface area contributed by atoms with Gasteiger partial charge in [-0.25, -0.2) is 0 Å². The molecule has 1 unspecified atom stereocenters. The van der Waals surface area contributed by atoms with Gasteiger partial charge in [-0.3, -0.25) is 0 Å². The largest absolute Gasteiger partial charge is 0 e. The molecular weight excluding hydrogens is 318 g/mol. The van der Waals surface area contributed by atoms with Gasteiger partial charge in [0.2, 0.25) is 0 Å². The Labute approximate surface area is 136 Å². The zero-order valence-corrected chi connectivity index (χ0v) is 16.7. The first-order valence-corrected chi connectivity index (χ1v) is 13.8. The maximum Gasteiger partial charge on any atom is 0 e. The van der Waals surface area contributed by atoms with E-state index in [9.17, 15) is 0 Å². The van der Waals surface area contributed by atoms with E-state index in [0.29, 0.717) is 0 Å². The van der Waals surface area contributed by atoms with E-state index in [0.717, 1.165) is 0 Å². The van der Waals surface area contributed by atoms with Gasteiger partial charge in [-0.15, -0.1) is 0 Å². The molecule has 0 aromatic heterocycles. The van der Waals surface area contributed by atoms with E-state index in [4.69, 9.17) is 0 Å². The smallest absolute Gasteiger partial charge is 0 e. The quantitative estimate of drug-likeness (QED) is 0.374. The van der Waals surface area contributed by atoms with Crippen molar-refractivity contribution >= 4 is 38.6 Å². The number of hydrogen-bond donors (Lipinski definition) is 0. The third-order valence-electron chi connectivity index (χ3n) is 3.82. The van der Waals surface area contributed by atoms with Crippen LogP contribution >= 0.6 is 0 Å². The van der Waals surface area contributed by atoms with Crippen molar-refractivity contribution in [3.8, 4) is 0 Å². The van der Waals surface area contributed by atoms with Crippen LogP contribution in [0.4, 0.5) is 0 Å². The summed E-state index contributed by atoms with van der Waals surface area (Å²) in [6.45, 7) is 9.46. The molecule has 0 nitrogen and oxygen atoms in total. The SMILES string of the molecule is CCCC[CH](CCC)[Sn]([CH2]CCC)[CH2]CCC.[Li]. The molecule has 104 valence electrons. The molecule has 0 amide bonds. The van der Waals surface area contributed by atoms with Crippen molar-refractivity contribution in [3.05, 3.63) is 0 Å². The van der Waals surface area contributed by atoms with Gasteiger partial charge < -0.3 is 0 Å². The molecule has 0 saturated heterocycles. The first-order valence-electron chi connectivity index (χ1n) is 8.14. The zero-order valence-electron chi connectivity index (χ0n) is 13.9. The molecule has 0 N–H and O–H groups in total. The Morgan fingerprint density at radius 3 is 1.56 bits per heavy atom. The Balaban J connectivity index is 0.